The lowest BCUT2D eigenvalue weighted by molar-refractivity contribution is 0.305. The molecule has 0 radical (unpaired) electrons. The fraction of sp³-hybridized carbons (Fsp3) is 0.625. The molecule has 1 aromatic rings. The predicted molar refractivity (Wildman–Crippen MR) is 76.2 cm³/mol. The summed E-state index contributed by atoms with van der Waals surface area (Å²) in [6.45, 7) is 6.62. The quantitative estimate of drug-likeness (QED) is 0.867. The van der Waals surface area contributed by atoms with Crippen LogP contribution in [-0.2, 0) is 0 Å². The van der Waals surface area contributed by atoms with Crippen LogP contribution in [0.25, 0.3) is 0 Å². The van der Waals surface area contributed by atoms with Crippen molar-refractivity contribution in [3.8, 4) is 5.75 Å². The molecule has 0 saturated heterocycles. The molecule has 2 nitrogen and oxygen atoms in total. The monoisotopic (exact) mass is 247 g/mol. The summed E-state index contributed by atoms with van der Waals surface area (Å²) >= 11 is 0. The molecule has 0 heterocycles. The third kappa shape index (κ3) is 2.54. The molecule has 2 rings (SSSR count). The molecule has 1 aromatic carbocycles. The molecule has 0 amide bonds. The van der Waals surface area contributed by atoms with E-state index in [1.807, 2.05) is 0 Å². The van der Waals surface area contributed by atoms with Gasteiger partial charge >= 0.3 is 0 Å². The van der Waals surface area contributed by atoms with E-state index in [1.54, 1.807) is 7.11 Å². The number of hydrogen-bond acceptors (Lipinski definition) is 2. The van der Waals surface area contributed by atoms with E-state index in [4.69, 9.17) is 10.5 Å². The van der Waals surface area contributed by atoms with E-state index in [2.05, 4.69) is 32.9 Å². The van der Waals surface area contributed by atoms with Crippen LogP contribution in [0.15, 0.2) is 12.1 Å². The second-order valence-electron chi connectivity index (χ2n) is 5.87. The molecule has 0 aliphatic heterocycles. The Labute approximate surface area is 111 Å². The van der Waals surface area contributed by atoms with Gasteiger partial charge in [0.15, 0.2) is 0 Å². The Morgan fingerprint density at radius 1 is 1.17 bits per heavy atom. The van der Waals surface area contributed by atoms with Gasteiger partial charge in [0, 0.05) is 6.04 Å². The average molecular weight is 247 g/mol. The van der Waals surface area contributed by atoms with E-state index in [9.17, 15) is 0 Å². The predicted octanol–water partition coefficient (Wildman–Crippen LogP) is 3.54. The van der Waals surface area contributed by atoms with Gasteiger partial charge in [-0.3, -0.25) is 0 Å². The topological polar surface area (TPSA) is 35.2 Å². The smallest absolute Gasteiger partial charge is 0.122 e. The first kappa shape index (κ1) is 13.4. The van der Waals surface area contributed by atoms with Crippen molar-refractivity contribution >= 4 is 0 Å². The number of methoxy groups -OCH3 is 1. The minimum atomic E-state index is 0.313. The van der Waals surface area contributed by atoms with Crippen molar-refractivity contribution in [1.82, 2.24) is 0 Å². The van der Waals surface area contributed by atoms with Crippen LogP contribution < -0.4 is 10.5 Å². The highest BCUT2D eigenvalue weighted by molar-refractivity contribution is 5.43. The Morgan fingerprint density at radius 3 is 2.56 bits per heavy atom. The van der Waals surface area contributed by atoms with Crippen molar-refractivity contribution in [3.05, 3.63) is 28.8 Å². The van der Waals surface area contributed by atoms with Gasteiger partial charge in [0.25, 0.3) is 0 Å². The molecule has 2 heteroatoms. The molecule has 0 spiro atoms. The Morgan fingerprint density at radius 2 is 1.89 bits per heavy atom. The van der Waals surface area contributed by atoms with Crippen LogP contribution in [0.4, 0.5) is 0 Å². The zero-order valence-electron chi connectivity index (χ0n) is 12.0. The Bertz CT molecular complexity index is 427. The fourth-order valence-electron chi connectivity index (χ4n) is 3.19. The SMILES string of the molecule is COc1cc(C)c(C2CC(C)CCC2N)cc1C. The molecule has 1 aliphatic rings. The van der Waals surface area contributed by atoms with E-state index in [0.717, 1.165) is 18.1 Å². The van der Waals surface area contributed by atoms with Crippen molar-refractivity contribution in [2.45, 2.75) is 52.0 Å². The zero-order valence-corrected chi connectivity index (χ0v) is 12.0. The first-order chi connectivity index (χ1) is 8.52. The number of rotatable bonds is 2. The number of ether oxygens (including phenoxy) is 1. The van der Waals surface area contributed by atoms with E-state index in [1.165, 1.54) is 29.5 Å². The molecule has 2 N–H and O–H groups in total. The lowest BCUT2D eigenvalue weighted by Crippen LogP contribution is -2.34. The van der Waals surface area contributed by atoms with Crippen molar-refractivity contribution in [2.24, 2.45) is 11.7 Å². The Hall–Kier alpha value is -1.02. The standard InChI is InChI=1S/C16H25NO/c1-10-5-6-15(17)14(7-10)13-8-12(3)16(18-4)9-11(13)2/h8-10,14-15H,5-7,17H2,1-4H3. The summed E-state index contributed by atoms with van der Waals surface area (Å²) in [6.07, 6.45) is 3.63. The van der Waals surface area contributed by atoms with Crippen LogP contribution in [0.2, 0.25) is 0 Å². The maximum absolute atomic E-state index is 6.33. The van der Waals surface area contributed by atoms with E-state index >= 15 is 0 Å². The van der Waals surface area contributed by atoms with Gasteiger partial charge in [-0.05, 0) is 67.7 Å². The van der Waals surface area contributed by atoms with E-state index in [0.29, 0.717) is 12.0 Å². The summed E-state index contributed by atoms with van der Waals surface area (Å²) in [4.78, 5) is 0. The number of benzene rings is 1. The molecule has 1 aliphatic carbocycles. The second-order valence-corrected chi connectivity index (χ2v) is 5.87. The van der Waals surface area contributed by atoms with Gasteiger partial charge in [-0.15, -0.1) is 0 Å². The van der Waals surface area contributed by atoms with E-state index in [-0.39, 0.29) is 0 Å². The van der Waals surface area contributed by atoms with Gasteiger partial charge in [0.1, 0.15) is 5.75 Å². The van der Waals surface area contributed by atoms with Gasteiger partial charge in [-0.25, -0.2) is 0 Å². The van der Waals surface area contributed by atoms with Crippen molar-refractivity contribution in [2.75, 3.05) is 7.11 Å². The molecule has 3 unspecified atom stereocenters. The van der Waals surface area contributed by atoms with Gasteiger partial charge < -0.3 is 10.5 Å². The van der Waals surface area contributed by atoms with Crippen LogP contribution >= 0.6 is 0 Å². The van der Waals surface area contributed by atoms with Gasteiger partial charge in [0.2, 0.25) is 0 Å². The van der Waals surface area contributed by atoms with Crippen LogP contribution in [-0.4, -0.2) is 13.2 Å². The molecule has 0 bridgehead atoms. The molecule has 0 aromatic heterocycles. The summed E-state index contributed by atoms with van der Waals surface area (Å²) in [7, 11) is 1.73. The maximum atomic E-state index is 6.33. The van der Waals surface area contributed by atoms with Crippen LogP contribution in [0.1, 0.15) is 48.8 Å². The Kier molecular flexibility index (Phi) is 3.96. The van der Waals surface area contributed by atoms with Crippen molar-refractivity contribution in [3.63, 3.8) is 0 Å². The van der Waals surface area contributed by atoms with Crippen molar-refractivity contribution in [1.29, 1.82) is 0 Å². The van der Waals surface area contributed by atoms with Crippen LogP contribution in [0.3, 0.4) is 0 Å². The molecule has 100 valence electrons. The van der Waals surface area contributed by atoms with Gasteiger partial charge in [-0.2, -0.15) is 0 Å². The van der Waals surface area contributed by atoms with Gasteiger partial charge in [-0.1, -0.05) is 13.0 Å². The molecule has 18 heavy (non-hydrogen) atoms. The van der Waals surface area contributed by atoms with Gasteiger partial charge in [0.05, 0.1) is 7.11 Å². The summed E-state index contributed by atoms with van der Waals surface area (Å²) in [5, 5.41) is 0. The first-order valence-electron chi connectivity index (χ1n) is 6.93. The normalized spacial score (nSPS) is 28.2. The fourth-order valence-corrected chi connectivity index (χ4v) is 3.19. The van der Waals surface area contributed by atoms with Crippen LogP contribution in [0.5, 0.6) is 5.75 Å². The highest BCUT2D eigenvalue weighted by atomic mass is 16.5. The highest BCUT2D eigenvalue weighted by Crippen LogP contribution is 2.38. The summed E-state index contributed by atoms with van der Waals surface area (Å²) in [5.41, 5.74) is 10.3. The lowest BCUT2D eigenvalue weighted by atomic mass is 9.74. The minimum absolute atomic E-state index is 0.313. The molecule has 1 fully saturated rings. The molecule has 3 atom stereocenters. The average Bonchev–Trinajstić information content (AvgIpc) is 2.35. The summed E-state index contributed by atoms with van der Waals surface area (Å²) in [6, 6.07) is 4.74. The van der Waals surface area contributed by atoms with E-state index < -0.39 is 0 Å². The summed E-state index contributed by atoms with van der Waals surface area (Å²) in [5.74, 6) is 2.28. The molecule has 1 saturated carbocycles. The third-order valence-electron chi connectivity index (χ3n) is 4.35. The highest BCUT2D eigenvalue weighted by Gasteiger charge is 2.28. The Balaban J connectivity index is 2.34. The number of nitrogens with two attached hydrogens (primary N) is 1. The number of hydrogen-bond donors (Lipinski definition) is 1. The number of aryl methyl sites for hydroxylation is 2. The lowest BCUT2D eigenvalue weighted by Gasteiger charge is -2.34. The van der Waals surface area contributed by atoms with Crippen molar-refractivity contribution < 1.29 is 4.74 Å². The maximum Gasteiger partial charge on any atom is 0.122 e. The molecular weight excluding hydrogens is 222 g/mol. The first-order valence-corrected chi connectivity index (χ1v) is 6.93. The molecular formula is C16H25NO. The third-order valence-corrected chi connectivity index (χ3v) is 4.35. The summed E-state index contributed by atoms with van der Waals surface area (Å²) < 4.78 is 5.38. The largest absolute Gasteiger partial charge is 0.496 e. The minimum Gasteiger partial charge on any atom is -0.496 e. The zero-order chi connectivity index (χ0) is 13.3. The van der Waals surface area contributed by atoms with Crippen LogP contribution in [0, 0.1) is 19.8 Å². The second kappa shape index (κ2) is 5.31.